The molecule has 0 saturated carbocycles. The Morgan fingerprint density at radius 1 is 1.07 bits per heavy atom. The first-order valence-electron chi connectivity index (χ1n) is 8.72. The van der Waals surface area contributed by atoms with E-state index < -0.39 is 0 Å². The van der Waals surface area contributed by atoms with Crippen LogP contribution >= 0.6 is 0 Å². The van der Waals surface area contributed by atoms with Gasteiger partial charge in [-0.3, -0.25) is 14.5 Å². The number of para-hydroxylation sites is 1. The molecular weight excluding hydrogens is 340 g/mol. The monoisotopic (exact) mass is 358 g/mol. The van der Waals surface area contributed by atoms with Crippen molar-refractivity contribution in [2.75, 3.05) is 6.54 Å². The average Bonchev–Trinajstić information content (AvgIpc) is 3.24. The maximum atomic E-state index is 12.8. The summed E-state index contributed by atoms with van der Waals surface area (Å²) in [5.41, 5.74) is 3.09. The van der Waals surface area contributed by atoms with Crippen LogP contribution in [-0.4, -0.2) is 37.2 Å². The number of nitrogens with zero attached hydrogens (tertiary/aromatic N) is 5. The SMILES string of the molecule is O=C(NCCCn1cncn1)c1cc(-c2ccncc2)nc2ccccc12. The summed E-state index contributed by atoms with van der Waals surface area (Å²) < 4.78 is 1.75. The minimum absolute atomic E-state index is 0.109. The highest BCUT2D eigenvalue weighted by molar-refractivity contribution is 6.07. The zero-order valence-electron chi connectivity index (χ0n) is 14.6. The maximum absolute atomic E-state index is 12.8. The molecule has 3 aromatic heterocycles. The number of hydrogen-bond acceptors (Lipinski definition) is 5. The van der Waals surface area contributed by atoms with Crippen LogP contribution in [0, 0.1) is 0 Å². The third-order valence-electron chi connectivity index (χ3n) is 4.25. The highest BCUT2D eigenvalue weighted by Gasteiger charge is 2.13. The van der Waals surface area contributed by atoms with E-state index in [4.69, 9.17) is 4.98 Å². The van der Waals surface area contributed by atoms with Gasteiger partial charge >= 0.3 is 0 Å². The van der Waals surface area contributed by atoms with Gasteiger partial charge in [-0.15, -0.1) is 0 Å². The molecule has 134 valence electrons. The number of carbonyl (C=O) groups excluding carboxylic acids is 1. The van der Waals surface area contributed by atoms with Gasteiger partial charge in [0.05, 0.1) is 16.8 Å². The summed E-state index contributed by atoms with van der Waals surface area (Å²) >= 11 is 0. The fourth-order valence-corrected chi connectivity index (χ4v) is 2.92. The van der Waals surface area contributed by atoms with Crippen LogP contribution in [0.25, 0.3) is 22.2 Å². The molecule has 0 aliphatic heterocycles. The number of carbonyl (C=O) groups is 1. The van der Waals surface area contributed by atoms with E-state index in [1.54, 1.807) is 23.4 Å². The van der Waals surface area contributed by atoms with Crippen LogP contribution in [0.5, 0.6) is 0 Å². The third-order valence-corrected chi connectivity index (χ3v) is 4.25. The number of aryl methyl sites for hydroxylation is 1. The maximum Gasteiger partial charge on any atom is 0.252 e. The predicted molar refractivity (Wildman–Crippen MR) is 102 cm³/mol. The number of nitrogens with one attached hydrogen (secondary N) is 1. The molecule has 0 unspecified atom stereocenters. The molecule has 0 bridgehead atoms. The van der Waals surface area contributed by atoms with E-state index in [9.17, 15) is 4.79 Å². The molecule has 0 fully saturated rings. The van der Waals surface area contributed by atoms with Crippen LogP contribution in [0.1, 0.15) is 16.8 Å². The molecule has 7 heteroatoms. The summed E-state index contributed by atoms with van der Waals surface area (Å²) in [7, 11) is 0. The Kier molecular flexibility index (Phi) is 4.82. The van der Waals surface area contributed by atoms with Crippen LogP contribution in [0.4, 0.5) is 0 Å². The molecule has 3 heterocycles. The van der Waals surface area contributed by atoms with Gasteiger partial charge in [-0.1, -0.05) is 18.2 Å². The Hall–Kier alpha value is -3.61. The van der Waals surface area contributed by atoms with Gasteiger partial charge in [0, 0.05) is 36.4 Å². The molecule has 0 atom stereocenters. The number of fused-ring (bicyclic) bond motifs is 1. The summed E-state index contributed by atoms with van der Waals surface area (Å²) in [6, 6.07) is 13.3. The smallest absolute Gasteiger partial charge is 0.252 e. The average molecular weight is 358 g/mol. The third kappa shape index (κ3) is 3.82. The fourth-order valence-electron chi connectivity index (χ4n) is 2.92. The van der Waals surface area contributed by atoms with Gasteiger partial charge in [0.1, 0.15) is 12.7 Å². The van der Waals surface area contributed by atoms with Crippen molar-refractivity contribution in [3.8, 4) is 11.3 Å². The number of hydrogen-bond donors (Lipinski definition) is 1. The van der Waals surface area contributed by atoms with Gasteiger partial charge in [-0.2, -0.15) is 5.10 Å². The van der Waals surface area contributed by atoms with E-state index in [2.05, 4.69) is 20.4 Å². The molecule has 0 saturated heterocycles. The van der Waals surface area contributed by atoms with Gasteiger partial charge < -0.3 is 5.32 Å². The molecule has 27 heavy (non-hydrogen) atoms. The highest BCUT2D eigenvalue weighted by Crippen LogP contribution is 2.24. The molecular formula is C20H18N6O. The van der Waals surface area contributed by atoms with Gasteiger partial charge in [-0.05, 0) is 30.7 Å². The summed E-state index contributed by atoms with van der Waals surface area (Å²) in [5, 5.41) is 7.89. The van der Waals surface area contributed by atoms with Crippen molar-refractivity contribution in [3.05, 3.63) is 73.1 Å². The largest absolute Gasteiger partial charge is 0.352 e. The fraction of sp³-hybridized carbons (Fsp3) is 0.150. The summed E-state index contributed by atoms with van der Waals surface area (Å²) in [4.78, 5) is 25.5. The van der Waals surface area contributed by atoms with Gasteiger partial charge in [-0.25, -0.2) is 9.97 Å². The molecule has 4 aromatic rings. The topological polar surface area (TPSA) is 85.6 Å². The number of amides is 1. The lowest BCUT2D eigenvalue weighted by atomic mass is 10.0. The Morgan fingerprint density at radius 2 is 1.93 bits per heavy atom. The summed E-state index contributed by atoms with van der Waals surface area (Å²) in [6.07, 6.45) is 7.38. The van der Waals surface area contributed by atoms with E-state index in [1.165, 1.54) is 6.33 Å². The minimum atomic E-state index is -0.109. The number of pyridine rings is 2. The normalized spacial score (nSPS) is 10.8. The Bertz CT molecular complexity index is 1050. The zero-order chi connectivity index (χ0) is 18.5. The molecule has 7 nitrogen and oxygen atoms in total. The van der Waals surface area contributed by atoms with Crippen molar-refractivity contribution in [2.45, 2.75) is 13.0 Å². The van der Waals surface area contributed by atoms with Crippen LogP contribution in [0.2, 0.25) is 0 Å². The van der Waals surface area contributed by atoms with Crippen molar-refractivity contribution in [1.29, 1.82) is 0 Å². The van der Waals surface area contributed by atoms with Crippen LogP contribution in [-0.2, 0) is 6.54 Å². The first-order chi connectivity index (χ1) is 13.3. The van der Waals surface area contributed by atoms with Gasteiger partial charge in [0.2, 0.25) is 0 Å². The van der Waals surface area contributed by atoms with Crippen LogP contribution in [0.3, 0.4) is 0 Å². The second-order valence-electron chi connectivity index (χ2n) is 6.08. The molecule has 1 amide bonds. The standard InChI is InChI=1S/C20H18N6O/c27-20(23-8-3-11-26-14-22-13-24-26)17-12-19(15-6-9-21-10-7-15)25-18-5-2-1-4-16(17)18/h1-2,4-7,9-10,12-14H,3,8,11H2,(H,23,27). The predicted octanol–water partition coefficient (Wildman–Crippen LogP) is 2.71. The first-order valence-corrected chi connectivity index (χ1v) is 8.72. The van der Waals surface area contributed by atoms with E-state index >= 15 is 0 Å². The molecule has 1 aromatic carbocycles. The second kappa shape index (κ2) is 7.74. The lowest BCUT2D eigenvalue weighted by molar-refractivity contribution is 0.0954. The Morgan fingerprint density at radius 3 is 2.74 bits per heavy atom. The Labute approximate surface area is 156 Å². The highest BCUT2D eigenvalue weighted by atomic mass is 16.1. The summed E-state index contributed by atoms with van der Waals surface area (Å²) in [6.45, 7) is 1.26. The van der Waals surface area contributed by atoms with E-state index in [1.807, 2.05) is 42.5 Å². The summed E-state index contributed by atoms with van der Waals surface area (Å²) in [5.74, 6) is -0.109. The zero-order valence-corrected chi connectivity index (χ0v) is 14.6. The molecule has 0 aliphatic rings. The number of rotatable bonds is 6. The van der Waals surface area contributed by atoms with Crippen molar-refractivity contribution in [2.24, 2.45) is 0 Å². The second-order valence-corrected chi connectivity index (χ2v) is 6.08. The minimum Gasteiger partial charge on any atom is -0.352 e. The van der Waals surface area contributed by atoms with Crippen molar-refractivity contribution in [3.63, 3.8) is 0 Å². The number of benzene rings is 1. The van der Waals surface area contributed by atoms with Crippen LogP contribution < -0.4 is 5.32 Å². The van der Waals surface area contributed by atoms with Crippen molar-refractivity contribution < 1.29 is 4.79 Å². The molecule has 0 aliphatic carbocycles. The molecule has 4 rings (SSSR count). The lowest BCUT2D eigenvalue weighted by Gasteiger charge is -2.10. The van der Waals surface area contributed by atoms with Crippen molar-refractivity contribution in [1.82, 2.24) is 30.0 Å². The van der Waals surface area contributed by atoms with Crippen LogP contribution in [0.15, 0.2) is 67.5 Å². The number of aromatic nitrogens is 5. The van der Waals surface area contributed by atoms with Crippen molar-refractivity contribution >= 4 is 16.8 Å². The van der Waals surface area contributed by atoms with E-state index in [0.29, 0.717) is 18.7 Å². The molecule has 0 spiro atoms. The first kappa shape index (κ1) is 16.8. The quantitative estimate of drug-likeness (QED) is 0.536. The van der Waals surface area contributed by atoms with E-state index in [-0.39, 0.29) is 5.91 Å². The lowest BCUT2D eigenvalue weighted by Crippen LogP contribution is -2.25. The Balaban J connectivity index is 1.56. The van der Waals surface area contributed by atoms with Gasteiger partial charge in [0.25, 0.3) is 5.91 Å². The van der Waals surface area contributed by atoms with Gasteiger partial charge in [0.15, 0.2) is 0 Å². The molecule has 0 radical (unpaired) electrons. The van der Waals surface area contributed by atoms with E-state index in [0.717, 1.165) is 28.6 Å². The molecule has 1 N–H and O–H groups in total.